The molecule has 0 aliphatic carbocycles. The lowest BCUT2D eigenvalue weighted by atomic mass is 10.1. The first-order valence-electron chi connectivity index (χ1n) is 6.12. The summed E-state index contributed by atoms with van der Waals surface area (Å²) < 4.78 is 10.6. The van der Waals surface area contributed by atoms with Gasteiger partial charge in [0.25, 0.3) is 0 Å². The van der Waals surface area contributed by atoms with Gasteiger partial charge in [-0.05, 0) is 12.1 Å². The highest BCUT2D eigenvalue weighted by atomic mass is 16.5. The molecule has 1 aromatic heterocycles. The lowest BCUT2D eigenvalue weighted by molar-refractivity contribution is -0.131. The fourth-order valence-electron chi connectivity index (χ4n) is 1.86. The number of benzene rings is 1. The molecule has 2 aromatic rings. The SMILES string of the molecule is CC(=O)Oc1cc(C#N)cc2oc(C(C)C)cc(=O)c12. The Morgan fingerprint density at radius 2 is 2.05 bits per heavy atom. The van der Waals surface area contributed by atoms with E-state index in [9.17, 15) is 9.59 Å². The zero-order chi connectivity index (χ0) is 14.9. The van der Waals surface area contributed by atoms with E-state index in [4.69, 9.17) is 14.4 Å². The van der Waals surface area contributed by atoms with Crippen molar-refractivity contribution < 1.29 is 13.9 Å². The van der Waals surface area contributed by atoms with Gasteiger partial charge < -0.3 is 9.15 Å². The highest BCUT2D eigenvalue weighted by Crippen LogP contribution is 2.27. The fraction of sp³-hybridized carbons (Fsp3) is 0.267. The van der Waals surface area contributed by atoms with Crippen molar-refractivity contribution in [3.8, 4) is 11.8 Å². The van der Waals surface area contributed by atoms with Crippen molar-refractivity contribution in [2.45, 2.75) is 26.7 Å². The number of carbonyl (C=O) groups excluding carboxylic acids is 1. The van der Waals surface area contributed by atoms with Crippen LogP contribution in [0, 0.1) is 11.3 Å². The molecule has 0 radical (unpaired) electrons. The Kier molecular flexibility index (Phi) is 3.57. The highest BCUT2D eigenvalue weighted by molar-refractivity contribution is 5.87. The third-order valence-electron chi connectivity index (χ3n) is 2.77. The summed E-state index contributed by atoms with van der Waals surface area (Å²) in [6, 6.07) is 6.15. The summed E-state index contributed by atoms with van der Waals surface area (Å²) in [5, 5.41) is 9.16. The van der Waals surface area contributed by atoms with Gasteiger partial charge in [-0.25, -0.2) is 0 Å². The Morgan fingerprint density at radius 1 is 1.35 bits per heavy atom. The van der Waals surface area contributed by atoms with E-state index in [1.807, 2.05) is 19.9 Å². The Morgan fingerprint density at radius 3 is 2.60 bits per heavy atom. The van der Waals surface area contributed by atoms with E-state index < -0.39 is 5.97 Å². The van der Waals surface area contributed by atoms with Crippen LogP contribution in [0.15, 0.2) is 27.4 Å². The minimum Gasteiger partial charge on any atom is -0.460 e. The maximum Gasteiger partial charge on any atom is 0.308 e. The summed E-state index contributed by atoms with van der Waals surface area (Å²) in [7, 11) is 0. The van der Waals surface area contributed by atoms with Gasteiger partial charge in [-0.3, -0.25) is 9.59 Å². The Balaban J connectivity index is 2.83. The van der Waals surface area contributed by atoms with Crippen LogP contribution in [0.2, 0.25) is 0 Å². The number of hydrogen-bond donors (Lipinski definition) is 0. The lowest BCUT2D eigenvalue weighted by Crippen LogP contribution is -2.09. The number of fused-ring (bicyclic) bond motifs is 1. The van der Waals surface area contributed by atoms with Crippen molar-refractivity contribution in [3.63, 3.8) is 0 Å². The molecule has 0 fully saturated rings. The van der Waals surface area contributed by atoms with Gasteiger partial charge in [0.2, 0.25) is 0 Å². The zero-order valence-corrected chi connectivity index (χ0v) is 11.4. The molecule has 0 saturated carbocycles. The van der Waals surface area contributed by atoms with Gasteiger partial charge >= 0.3 is 5.97 Å². The van der Waals surface area contributed by atoms with Gasteiger partial charge in [-0.15, -0.1) is 0 Å². The Bertz CT molecular complexity index is 781. The van der Waals surface area contributed by atoms with Gasteiger partial charge in [0.05, 0.1) is 11.6 Å². The number of hydrogen-bond acceptors (Lipinski definition) is 5. The molecule has 5 heteroatoms. The smallest absolute Gasteiger partial charge is 0.308 e. The number of ether oxygens (including phenoxy) is 1. The molecule has 20 heavy (non-hydrogen) atoms. The van der Waals surface area contributed by atoms with Gasteiger partial charge in [0, 0.05) is 18.9 Å². The second-order valence-corrected chi connectivity index (χ2v) is 4.72. The molecule has 0 amide bonds. The predicted molar refractivity (Wildman–Crippen MR) is 72.6 cm³/mol. The van der Waals surface area contributed by atoms with Crippen molar-refractivity contribution in [2.75, 3.05) is 0 Å². The molecular weight excluding hydrogens is 258 g/mol. The van der Waals surface area contributed by atoms with Crippen LogP contribution in [0.1, 0.15) is 38.0 Å². The molecule has 1 heterocycles. The molecule has 0 N–H and O–H groups in total. The summed E-state index contributed by atoms with van der Waals surface area (Å²) in [6.07, 6.45) is 0. The average molecular weight is 271 g/mol. The summed E-state index contributed by atoms with van der Waals surface area (Å²) in [5.41, 5.74) is 0.213. The van der Waals surface area contributed by atoms with Gasteiger partial charge in [-0.1, -0.05) is 13.8 Å². The third-order valence-corrected chi connectivity index (χ3v) is 2.77. The van der Waals surface area contributed by atoms with Crippen LogP contribution in [0.25, 0.3) is 11.0 Å². The fourth-order valence-corrected chi connectivity index (χ4v) is 1.86. The molecule has 102 valence electrons. The van der Waals surface area contributed by atoms with E-state index in [2.05, 4.69) is 0 Å². The Labute approximate surface area is 115 Å². The summed E-state index contributed by atoms with van der Waals surface area (Å²) in [4.78, 5) is 23.3. The largest absolute Gasteiger partial charge is 0.460 e. The van der Waals surface area contributed by atoms with E-state index in [1.165, 1.54) is 25.1 Å². The molecule has 0 unspecified atom stereocenters. The van der Waals surface area contributed by atoms with Crippen molar-refractivity contribution in [2.24, 2.45) is 0 Å². The quantitative estimate of drug-likeness (QED) is 0.619. The number of nitriles is 1. The zero-order valence-electron chi connectivity index (χ0n) is 11.4. The predicted octanol–water partition coefficient (Wildman–Crippen LogP) is 2.71. The molecule has 1 aromatic carbocycles. The van der Waals surface area contributed by atoms with Crippen molar-refractivity contribution in [3.05, 3.63) is 39.7 Å². The summed E-state index contributed by atoms with van der Waals surface area (Å²) in [5.74, 6) is 0.0470. The second kappa shape index (κ2) is 5.17. The maximum absolute atomic E-state index is 12.2. The first kappa shape index (κ1) is 13.8. The van der Waals surface area contributed by atoms with E-state index in [0.717, 1.165) is 0 Å². The number of esters is 1. The van der Waals surface area contributed by atoms with E-state index >= 15 is 0 Å². The summed E-state index contributed by atoms with van der Waals surface area (Å²) >= 11 is 0. The number of rotatable bonds is 2. The van der Waals surface area contributed by atoms with Gasteiger partial charge in [-0.2, -0.15) is 5.26 Å². The molecule has 0 saturated heterocycles. The Hall–Kier alpha value is -2.61. The molecular formula is C15H13NO4. The van der Waals surface area contributed by atoms with Crippen LogP contribution in [0.3, 0.4) is 0 Å². The number of carbonyl (C=O) groups is 1. The van der Waals surface area contributed by atoms with E-state index in [0.29, 0.717) is 5.76 Å². The second-order valence-electron chi connectivity index (χ2n) is 4.72. The monoisotopic (exact) mass is 271 g/mol. The molecule has 5 nitrogen and oxygen atoms in total. The van der Waals surface area contributed by atoms with Crippen LogP contribution in [0.4, 0.5) is 0 Å². The first-order chi connectivity index (χ1) is 9.42. The van der Waals surface area contributed by atoms with E-state index in [-0.39, 0.29) is 33.6 Å². The molecule has 0 atom stereocenters. The molecule has 2 rings (SSSR count). The van der Waals surface area contributed by atoms with E-state index in [1.54, 1.807) is 0 Å². The minimum atomic E-state index is -0.561. The molecule has 0 spiro atoms. The lowest BCUT2D eigenvalue weighted by Gasteiger charge is -2.09. The average Bonchev–Trinajstić information content (AvgIpc) is 2.36. The molecule has 0 bridgehead atoms. The van der Waals surface area contributed by atoms with Crippen LogP contribution in [-0.4, -0.2) is 5.97 Å². The molecule has 0 aliphatic heterocycles. The normalized spacial score (nSPS) is 10.6. The van der Waals surface area contributed by atoms with Gasteiger partial charge in [0.15, 0.2) is 5.43 Å². The van der Waals surface area contributed by atoms with Crippen molar-refractivity contribution >= 4 is 16.9 Å². The van der Waals surface area contributed by atoms with Crippen LogP contribution in [0.5, 0.6) is 5.75 Å². The molecule has 0 aliphatic rings. The van der Waals surface area contributed by atoms with Crippen LogP contribution >= 0.6 is 0 Å². The van der Waals surface area contributed by atoms with Crippen molar-refractivity contribution in [1.82, 2.24) is 0 Å². The topological polar surface area (TPSA) is 80.3 Å². The highest BCUT2D eigenvalue weighted by Gasteiger charge is 2.15. The van der Waals surface area contributed by atoms with Crippen LogP contribution in [-0.2, 0) is 4.79 Å². The van der Waals surface area contributed by atoms with Crippen molar-refractivity contribution in [1.29, 1.82) is 5.26 Å². The van der Waals surface area contributed by atoms with Crippen LogP contribution < -0.4 is 10.2 Å². The minimum absolute atomic E-state index is 0.0371. The van der Waals surface area contributed by atoms with Gasteiger partial charge in [0.1, 0.15) is 22.5 Å². The third kappa shape index (κ3) is 2.54. The summed E-state index contributed by atoms with van der Waals surface area (Å²) in [6.45, 7) is 5.02. The first-order valence-corrected chi connectivity index (χ1v) is 6.12. The number of nitrogens with zero attached hydrogens (tertiary/aromatic N) is 1. The maximum atomic E-state index is 12.2. The standard InChI is InChI=1S/C15H13NO4/c1-8(2)12-6-11(18)15-13(19-9(3)17)4-10(7-16)5-14(15)20-12/h4-6,8H,1-3H3.